The Morgan fingerprint density at radius 2 is 1.75 bits per heavy atom. The molecule has 2 aromatic heterocycles. The number of nitrogens with two attached hydrogens (primary N) is 1. The second-order valence-electron chi connectivity index (χ2n) is 9.26. The molecule has 2 N–H and O–H groups in total. The van der Waals surface area contributed by atoms with Crippen LogP contribution in [0.1, 0.15) is 36.0 Å². The number of aryl methyl sites for hydroxylation is 2. The van der Waals surface area contributed by atoms with Crippen LogP contribution in [0.3, 0.4) is 0 Å². The zero-order valence-electron chi connectivity index (χ0n) is 20.2. The summed E-state index contributed by atoms with van der Waals surface area (Å²) < 4.78 is 3.67. The Hall–Kier alpha value is -3.60. The van der Waals surface area contributed by atoms with E-state index < -0.39 is 0 Å². The first kappa shape index (κ1) is 25.5. The predicted octanol–water partition coefficient (Wildman–Crippen LogP) is 4.10. The molecule has 0 amide bonds. The van der Waals surface area contributed by atoms with E-state index in [-0.39, 0.29) is 24.0 Å². The van der Waals surface area contributed by atoms with Crippen LogP contribution in [-0.4, -0.2) is 33.2 Å². The number of piperidine rings is 1. The van der Waals surface area contributed by atoms with E-state index in [2.05, 4.69) is 28.1 Å². The van der Waals surface area contributed by atoms with Crippen molar-refractivity contribution in [2.75, 3.05) is 18.0 Å². The van der Waals surface area contributed by atoms with Crippen molar-refractivity contribution in [1.82, 2.24) is 14.1 Å². The van der Waals surface area contributed by atoms with Gasteiger partial charge in [-0.3, -0.25) is 9.36 Å². The highest BCUT2D eigenvalue weighted by Crippen LogP contribution is 2.32. The lowest BCUT2D eigenvalue weighted by molar-refractivity contribution is 0.498. The highest BCUT2D eigenvalue weighted by Gasteiger charge is 2.28. The highest BCUT2D eigenvalue weighted by molar-refractivity contribution is 5.89. The molecule has 2 aromatic carbocycles. The van der Waals surface area contributed by atoms with Gasteiger partial charge in [-0.15, -0.1) is 12.4 Å². The standard InChI is InChI=1S/C28H30N6O.ClH/c29-17-24-25-26(28(35)33(20-31-25)16-7-13-21-9-3-1-4-10-21)34(18-22-11-5-2-6-12-22)27(24)32-15-8-14-23(30)19-32;/h1-6,9-12,20,23H,7-8,13-16,18-19,30H2;1H. The zero-order chi connectivity index (χ0) is 24.2. The van der Waals surface area contributed by atoms with Crippen molar-refractivity contribution in [3.8, 4) is 6.07 Å². The Morgan fingerprint density at radius 1 is 1.06 bits per heavy atom. The van der Waals surface area contributed by atoms with Crippen molar-refractivity contribution in [3.63, 3.8) is 0 Å². The van der Waals surface area contributed by atoms with Gasteiger partial charge in [0.1, 0.15) is 28.5 Å². The van der Waals surface area contributed by atoms with Gasteiger partial charge in [-0.05, 0) is 36.8 Å². The predicted molar refractivity (Wildman–Crippen MR) is 146 cm³/mol. The number of benzene rings is 2. The van der Waals surface area contributed by atoms with E-state index in [1.807, 2.05) is 53.1 Å². The van der Waals surface area contributed by atoms with Crippen molar-refractivity contribution < 1.29 is 0 Å². The Balaban J connectivity index is 0.00000304. The van der Waals surface area contributed by atoms with Crippen LogP contribution in [0.4, 0.5) is 5.82 Å². The van der Waals surface area contributed by atoms with Crippen LogP contribution < -0.4 is 16.2 Å². The molecule has 36 heavy (non-hydrogen) atoms. The number of nitriles is 1. The smallest absolute Gasteiger partial charge is 0.277 e. The third-order valence-corrected chi connectivity index (χ3v) is 6.76. The average molecular weight is 503 g/mol. The quantitative estimate of drug-likeness (QED) is 0.410. The fourth-order valence-electron chi connectivity index (χ4n) is 5.06. The zero-order valence-corrected chi connectivity index (χ0v) is 21.0. The Labute approximate surface area is 217 Å². The first-order chi connectivity index (χ1) is 17.2. The molecule has 8 heteroatoms. The van der Waals surface area contributed by atoms with Crippen molar-refractivity contribution in [2.45, 2.75) is 44.8 Å². The van der Waals surface area contributed by atoms with Gasteiger partial charge in [-0.2, -0.15) is 5.26 Å². The molecule has 0 spiro atoms. The molecule has 4 aromatic rings. The van der Waals surface area contributed by atoms with E-state index in [0.717, 1.165) is 43.6 Å². The summed E-state index contributed by atoms with van der Waals surface area (Å²) in [5.41, 5.74) is 9.92. The van der Waals surface area contributed by atoms with Crippen LogP contribution in [0.15, 0.2) is 71.8 Å². The molecule has 7 nitrogen and oxygen atoms in total. The van der Waals surface area contributed by atoms with Crippen molar-refractivity contribution in [1.29, 1.82) is 5.26 Å². The Morgan fingerprint density at radius 3 is 2.42 bits per heavy atom. The minimum absolute atomic E-state index is 0. The summed E-state index contributed by atoms with van der Waals surface area (Å²) in [5, 5.41) is 10.2. The molecule has 0 aliphatic carbocycles. The molecule has 3 heterocycles. The molecular weight excluding hydrogens is 472 g/mol. The lowest BCUT2D eigenvalue weighted by Gasteiger charge is -2.33. The number of hydrogen-bond donors (Lipinski definition) is 1. The molecule has 1 aliphatic heterocycles. The molecule has 1 unspecified atom stereocenters. The van der Waals surface area contributed by atoms with Crippen LogP contribution >= 0.6 is 12.4 Å². The molecule has 1 aliphatic rings. The second-order valence-corrected chi connectivity index (χ2v) is 9.26. The number of anilines is 1. The van der Waals surface area contributed by atoms with Gasteiger partial charge in [-0.25, -0.2) is 4.98 Å². The fraction of sp³-hybridized carbons (Fsp3) is 0.321. The lowest BCUT2D eigenvalue weighted by atomic mass is 10.1. The summed E-state index contributed by atoms with van der Waals surface area (Å²) in [6, 6.07) is 22.7. The topological polar surface area (TPSA) is 92.9 Å². The molecule has 0 radical (unpaired) electrons. The maximum atomic E-state index is 13.8. The van der Waals surface area contributed by atoms with Gasteiger partial charge in [-0.1, -0.05) is 60.7 Å². The molecule has 1 atom stereocenters. The van der Waals surface area contributed by atoms with Gasteiger partial charge < -0.3 is 15.2 Å². The third-order valence-electron chi connectivity index (χ3n) is 6.76. The van der Waals surface area contributed by atoms with E-state index in [0.29, 0.717) is 36.2 Å². The molecule has 5 rings (SSSR count). The summed E-state index contributed by atoms with van der Waals surface area (Å²) in [6.07, 6.45) is 5.22. The molecular formula is C28H31ClN6O. The van der Waals surface area contributed by atoms with Gasteiger partial charge in [0, 0.05) is 32.2 Å². The van der Waals surface area contributed by atoms with E-state index in [1.54, 1.807) is 10.9 Å². The number of nitrogens with zero attached hydrogens (tertiary/aromatic N) is 5. The summed E-state index contributed by atoms with van der Waals surface area (Å²) in [4.78, 5) is 20.6. The average Bonchev–Trinajstić information content (AvgIpc) is 3.20. The van der Waals surface area contributed by atoms with Crippen molar-refractivity contribution >= 4 is 29.3 Å². The number of rotatable bonds is 7. The largest absolute Gasteiger partial charge is 0.355 e. The van der Waals surface area contributed by atoms with Crippen LogP contribution in [0.2, 0.25) is 0 Å². The fourth-order valence-corrected chi connectivity index (χ4v) is 5.06. The van der Waals surface area contributed by atoms with Crippen LogP contribution in [0.5, 0.6) is 0 Å². The van der Waals surface area contributed by atoms with Crippen molar-refractivity contribution in [2.24, 2.45) is 5.73 Å². The molecule has 0 bridgehead atoms. The van der Waals surface area contributed by atoms with E-state index in [1.165, 1.54) is 5.56 Å². The van der Waals surface area contributed by atoms with Crippen LogP contribution in [-0.2, 0) is 19.5 Å². The second kappa shape index (κ2) is 11.4. The normalized spacial score (nSPS) is 15.4. The molecule has 1 fully saturated rings. The molecule has 1 saturated heterocycles. The third kappa shape index (κ3) is 5.15. The first-order valence-corrected chi connectivity index (χ1v) is 12.3. The summed E-state index contributed by atoms with van der Waals surface area (Å²) >= 11 is 0. The van der Waals surface area contributed by atoms with Crippen LogP contribution in [0.25, 0.3) is 11.0 Å². The summed E-state index contributed by atoms with van der Waals surface area (Å²) in [7, 11) is 0. The highest BCUT2D eigenvalue weighted by atomic mass is 35.5. The first-order valence-electron chi connectivity index (χ1n) is 12.3. The Bertz CT molecular complexity index is 1410. The monoisotopic (exact) mass is 502 g/mol. The van der Waals surface area contributed by atoms with Crippen molar-refractivity contribution in [3.05, 3.63) is 94.0 Å². The van der Waals surface area contributed by atoms with Gasteiger partial charge in [0.2, 0.25) is 0 Å². The molecule has 0 saturated carbocycles. The van der Waals surface area contributed by atoms with E-state index in [4.69, 9.17) is 5.73 Å². The Kier molecular flexibility index (Phi) is 8.09. The number of fused-ring (bicyclic) bond motifs is 1. The lowest BCUT2D eigenvalue weighted by Crippen LogP contribution is -2.44. The minimum Gasteiger partial charge on any atom is -0.355 e. The SMILES string of the molecule is Cl.N#Cc1c(N2CCCC(N)C2)n(Cc2ccccc2)c2c(=O)n(CCCc3ccccc3)cnc12. The summed E-state index contributed by atoms with van der Waals surface area (Å²) in [6.45, 7) is 2.52. The van der Waals surface area contributed by atoms with Gasteiger partial charge in [0.05, 0.1) is 6.33 Å². The number of aromatic nitrogens is 3. The van der Waals surface area contributed by atoms with E-state index >= 15 is 0 Å². The van der Waals surface area contributed by atoms with Gasteiger partial charge >= 0.3 is 0 Å². The maximum Gasteiger partial charge on any atom is 0.277 e. The van der Waals surface area contributed by atoms with Crippen LogP contribution in [0, 0.1) is 11.3 Å². The maximum absolute atomic E-state index is 13.8. The van der Waals surface area contributed by atoms with Gasteiger partial charge in [0.25, 0.3) is 5.56 Å². The van der Waals surface area contributed by atoms with Gasteiger partial charge in [0.15, 0.2) is 0 Å². The number of halogens is 1. The number of hydrogen-bond acceptors (Lipinski definition) is 5. The van der Waals surface area contributed by atoms with E-state index in [9.17, 15) is 10.1 Å². The summed E-state index contributed by atoms with van der Waals surface area (Å²) in [5.74, 6) is 0.758. The molecule has 186 valence electrons. The minimum atomic E-state index is -0.108.